The van der Waals surface area contributed by atoms with Crippen LogP contribution in [-0.4, -0.2) is 49.6 Å². The lowest BCUT2D eigenvalue weighted by molar-refractivity contribution is -0.140. The Morgan fingerprint density at radius 3 is 2.43 bits per heavy atom. The Hall–Kier alpha value is -3.52. The van der Waals surface area contributed by atoms with Crippen LogP contribution in [0.3, 0.4) is 0 Å². The maximum Gasteiger partial charge on any atom is 0.306 e. The van der Waals surface area contributed by atoms with E-state index in [1.807, 2.05) is 0 Å². The summed E-state index contributed by atoms with van der Waals surface area (Å²) in [6.07, 6.45) is -0.310. The molecule has 35 heavy (non-hydrogen) atoms. The SMILES string of the molecule is COC(=O)C[C@H](C1=C(O)[C@@]2(Oc3c(Cl)c(OC)cc(OC)c3C2=O)[C@H](C)CC1=O)c1ccccc1. The van der Waals surface area contributed by atoms with E-state index in [9.17, 15) is 19.5 Å². The van der Waals surface area contributed by atoms with Gasteiger partial charge in [-0.15, -0.1) is 0 Å². The summed E-state index contributed by atoms with van der Waals surface area (Å²) >= 11 is 6.47. The lowest BCUT2D eigenvalue weighted by Gasteiger charge is -2.38. The van der Waals surface area contributed by atoms with Crippen molar-refractivity contribution in [2.24, 2.45) is 5.92 Å². The van der Waals surface area contributed by atoms with E-state index in [2.05, 4.69) is 0 Å². The van der Waals surface area contributed by atoms with Crippen molar-refractivity contribution in [3.63, 3.8) is 0 Å². The van der Waals surface area contributed by atoms with E-state index in [1.165, 1.54) is 27.4 Å². The number of halogens is 1. The first kappa shape index (κ1) is 24.6. The number of benzene rings is 2. The molecule has 0 radical (unpaired) electrons. The van der Waals surface area contributed by atoms with Gasteiger partial charge in [0, 0.05) is 29.9 Å². The fraction of sp³-hybridized carbons (Fsp3) is 0.346. The molecule has 0 saturated heterocycles. The first-order chi connectivity index (χ1) is 16.7. The maximum absolute atomic E-state index is 13.9. The highest BCUT2D eigenvalue weighted by molar-refractivity contribution is 6.35. The molecule has 8 nitrogen and oxygen atoms in total. The first-order valence-corrected chi connectivity index (χ1v) is 11.4. The summed E-state index contributed by atoms with van der Waals surface area (Å²) in [6.45, 7) is 1.64. The number of hydrogen-bond donors (Lipinski definition) is 1. The lowest BCUT2D eigenvalue weighted by atomic mass is 9.69. The van der Waals surface area contributed by atoms with Crippen LogP contribution in [0.2, 0.25) is 5.02 Å². The normalized spacial score (nSPS) is 22.0. The number of fused-ring (bicyclic) bond motifs is 1. The van der Waals surface area contributed by atoms with E-state index in [0.29, 0.717) is 5.56 Å². The molecule has 0 bridgehead atoms. The van der Waals surface area contributed by atoms with E-state index in [0.717, 1.165) is 0 Å². The summed E-state index contributed by atoms with van der Waals surface area (Å²) in [5, 5.41) is 11.7. The van der Waals surface area contributed by atoms with Crippen LogP contribution < -0.4 is 14.2 Å². The molecule has 3 atom stereocenters. The number of Topliss-reactive ketones (excluding diaryl/α,β-unsaturated/α-hetero) is 2. The van der Waals surface area contributed by atoms with Crippen molar-refractivity contribution in [3.05, 3.63) is 63.9 Å². The van der Waals surface area contributed by atoms with Crippen LogP contribution in [0.4, 0.5) is 0 Å². The van der Waals surface area contributed by atoms with Crippen LogP contribution in [0.1, 0.15) is 41.6 Å². The van der Waals surface area contributed by atoms with Crippen LogP contribution in [0.5, 0.6) is 17.2 Å². The number of methoxy groups -OCH3 is 3. The molecule has 2 aromatic rings. The minimum atomic E-state index is -1.92. The number of allylic oxidation sites excluding steroid dienone is 1. The van der Waals surface area contributed by atoms with Crippen LogP contribution in [0.25, 0.3) is 0 Å². The van der Waals surface area contributed by atoms with Gasteiger partial charge in [-0.25, -0.2) is 0 Å². The third-order valence-electron chi connectivity index (χ3n) is 6.66. The van der Waals surface area contributed by atoms with Crippen LogP contribution in [-0.2, 0) is 14.3 Å². The standard InChI is InChI=1S/C26H25ClO8/c1-13-10-16(28)20(15(11-19(29)34-4)14-8-6-5-7-9-14)24(30)26(13)25(31)21-17(32-2)12-18(33-3)22(27)23(21)35-26/h5-9,12-13,15,30H,10-11H2,1-4H3/t13-,15+,26+/m1/s1. The number of aliphatic hydroxyl groups is 1. The Morgan fingerprint density at radius 2 is 1.83 bits per heavy atom. The number of rotatable bonds is 6. The van der Waals surface area contributed by atoms with Gasteiger partial charge < -0.3 is 24.1 Å². The number of carbonyl (C=O) groups is 3. The van der Waals surface area contributed by atoms with Gasteiger partial charge in [-0.2, -0.15) is 0 Å². The molecular formula is C26H25ClO8. The van der Waals surface area contributed by atoms with Crippen molar-refractivity contribution in [1.29, 1.82) is 0 Å². The highest BCUT2D eigenvalue weighted by Crippen LogP contribution is 2.55. The van der Waals surface area contributed by atoms with E-state index in [4.69, 9.17) is 30.5 Å². The second-order valence-corrected chi connectivity index (χ2v) is 8.88. The topological polar surface area (TPSA) is 108 Å². The molecule has 9 heteroatoms. The van der Waals surface area contributed by atoms with Gasteiger partial charge in [0.25, 0.3) is 0 Å². The molecular weight excluding hydrogens is 476 g/mol. The molecule has 1 aliphatic heterocycles. The van der Waals surface area contributed by atoms with E-state index in [1.54, 1.807) is 37.3 Å². The van der Waals surface area contributed by atoms with Crippen LogP contribution in [0.15, 0.2) is 47.7 Å². The molecule has 0 aromatic heterocycles. The second kappa shape index (κ2) is 9.26. The third-order valence-corrected chi connectivity index (χ3v) is 7.02. The smallest absolute Gasteiger partial charge is 0.306 e. The summed E-state index contributed by atoms with van der Waals surface area (Å²) in [4.78, 5) is 39.5. The minimum absolute atomic E-state index is 0.00388. The molecule has 0 fully saturated rings. The zero-order valence-corrected chi connectivity index (χ0v) is 20.5. The van der Waals surface area contributed by atoms with Crippen molar-refractivity contribution in [2.45, 2.75) is 31.3 Å². The molecule has 0 unspecified atom stereocenters. The third kappa shape index (κ3) is 3.72. The predicted octanol–water partition coefficient (Wildman–Crippen LogP) is 4.44. The number of esters is 1. The maximum atomic E-state index is 13.9. The molecule has 4 rings (SSSR count). The van der Waals surface area contributed by atoms with Crippen molar-refractivity contribution >= 4 is 29.1 Å². The van der Waals surface area contributed by atoms with Crippen molar-refractivity contribution < 1.29 is 38.4 Å². The van der Waals surface area contributed by atoms with E-state index >= 15 is 0 Å². The molecule has 1 heterocycles. The summed E-state index contributed by atoms with van der Waals surface area (Å²) < 4.78 is 21.7. The first-order valence-electron chi connectivity index (χ1n) is 11.0. The number of ketones is 2. The van der Waals surface area contributed by atoms with Gasteiger partial charge in [-0.1, -0.05) is 48.9 Å². The second-order valence-electron chi connectivity index (χ2n) is 8.50. The van der Waals surface area contributed by atoms with Gasteiger partial charge in [-0.3, -0.25) is 14.4 Å². The number of hydrogen-bond acceptors (Lipinski definition) is 8. The van der Waals surface area contributed by atoms with Crippen molar-refractivity contribution in [2.75, 3.05) is 21.3 Å². The zero-order chi connectivity index (χ0) is 25.5. The Labute approximate surface area is 207 Å². The van der Waals surface area contributed by atoms with Gasteiger partial charge in [-0.05, 0) is 5.56 Å². The zero-order valence-electron chi connectivity index (χ0n) is 19.7. The monoisotopic (exact) mass is 500 g/mol. The van der Waals surface area contributed by atoms with Gasteiger partial charge >= 0.3 is 5.97 Å². The fourth-order valence-electron chi connectivity index (χ4n) is 4.86. The number of carbonyl (C=O) groups excluding carboxylic acids is 3. The van der Waals surface area contributed by atoms with Gasteiger partial charge in [0.05, 0.1) is 27.8 Å². The molecule has 1 N–H and O–H groups in total. The average molecular weight is 501 g/mol. The number of ether oxygens (including phenoxy) is 4. The summed E-state index contributed by atoms with van der Waals surface area (Å²) in [6, 6.07) is 10.2. The Bertz CT molecular complexity index is 1240. The largest absolute Gasteiger partial charge is 0.507 e. The van der Waals surface area contributed by atoms with Gasteiger partial charge in [0.1, 0.15) is 22.1 Å². The minimum Gasteiger partial charge on any atom is -0.507 e. The van der Waals surface area contributed by atoms with Crippen molar-refractivity contribution in [3.8, 4) is 17.2 Å². The molecule has 0 amide bonds. The van der Waals surface area contributed by atoms with E-state index in [-0.39, 0.29) is 52.0 Å². The molecule has 0 saturated carbocycles. The highest BCUT2D eigenvalue weighted by atomic mass is 35.5. The predicted molar refractivity (Wildman–Crippen MR) is 127 cm³/mol. The Balaban J connectivity index is 1.95. The highest BCUT2D eigenvalue weighted by Gasteiger charge is 2.61. The summed E-state index contributed by atoms with van der Waals surface area (Å²) in [5.74, 6) is -3.29. The van der Waals surface area contributed by atoms with Gasteiger partial charge in [0.15, 0.2) is 17.3 Å². The Morgan fingerprint density at radius 1 is 1.17 bits per heavy atom. The van der Waals surface area contributed by atoms with E-state index < -0.39 is 34.9 Å². The quantitative estimate of drug-likeness (QED) is 0.580. The fourth-order valence-corrected chi connectivity index (χ4v) is 5.13. The Kier molecular flexibility index (Phi) is 6.51. The molecule has 1 aliphatic carbocycles. The summed E-state index contributed by atoms with van der Waals surface area (Å²) in [7, 11) is 4.04. The molecule has 184 valence electrons. The average Bonchev–Trinajstić information content (AvgIpc) is 3.17. The molecule has 2 aromatic carbocycles. The lowest BCUT2D eigenvalue weighted by Crippen LogP contribution is -2.53. The molecule has 1 spiro atoms. The molecule has 2 aliphatic rings. The van der Waals surface area contributed by atoms with Gasteiger partial charge in [0.2, 0.25) is 11.4 Å². The van der Waals surface area contributed by atoms with Crippen LogP contribution >= 0.6 is 11.6 Å². The number of aliphatic hydroxyl groups excluding tert-OH is 1. The van der Waals surface area contributed by atoms with Crippen molar-refractivity contribution in [1.82, 2.24) is 0 Å². The van der Waals surface area contributed by atoms with Crippen LogP contribution in [0, 0.1) is 5.92 Å². The summed E-state index contributed by atoms with van der Waals surface area (Å²) in [5.41, 5.74) is -1.33.